The van der Waals surface area contributed by atoms with Crippen molar-refractivity contribution in [3.63, 3.8) is 0 Å². The van der Waals surface area contributed by atoms with Crippen LogP contribution in [-0.4, -0.2) is 5.78 Å². The molecule has 0 N–H and O–H groups in total. The van der Waals surface area contributed by atoms with Gasteiger partial charge in [-0.05, 0) is 48.9 Å². The molecule has 2 rings (SSSR count). The molecule has 5 heteroatoms. The Morgan fingerprint density at radius 3 is 2.60 bits per heavy atom. The van der Waals surface area contributed by atoms with E-state index in [0.29, 0.717) is 28.0 Å². The van der Waals surface area contributed by atoms with E-state index in [2.05, 4.69) is 15.9 Å². The molecular formula is C15H11BrCl2O2. The monoisotopic (exact) mass is 372 g/mol. The van der Waals surface area contributed by atoms with E-state index in [0.717, 1.165) is 10.0 Å². The highest BCUT2D eigenvalue weighted by Gasteiger charge is 2.06. The largest absolute Gasteiger partial charge is 0.487 e. The van der Waals surface area contributed by atoms with Crippen molar-refractivity contribution < 1.29 is 9.53 Å². The van der Waals surface area contributed by atoms with E-state index in [-0.39, 0.29) is 5.78 Å². The molecular weight excluding hydrogens is 363 g/mol. The first-order chi connectivity index (χ1) is 9.45. The summed E-state index contributed by atoms with van der Waals surface area (Å²) in [6, 6.07) is 10.5. The number of rotatable bonds is 4. The standard InChI is InChI=1S/C15H11BrCl2O2/c1-9(19)11-4-10(5-12(16)6-11)8-20-15-3-2-13(17)7-14(15)18/h2-7H,8H2,1H3. The lowest BCUT2D eigenvalue weighted by atomic mass is 10.1. The molecule has 0 spiro atoms. The first-order valence-corrected chi connectivity index (χ1v) is 7.39. The maximum absolute atomic E-state index is 11.4. The average molecular weight is 374 g/mol. The molecule has 0 unspecified atom stereocenters. The molecule has 2 aromatic carbocycles. The normalized spacial score (nSPS) is 10.4. The topological polar surface area (TPSA) is 26.3 Å². The highest BCUT2D eigenvalue weighted by Crippen LogP contribution is 2.28. The smallest absolute Gasteiger partial charge is 0.159 e. The number of hydrogen-bond donors (Lipinski definition) is 0. The number of benzene rings is 2. The third-order valence-corrected chi connectivity index (χ3v) is 3.64. The Morgan fingerprint density at radius 1 is 1.20 bits per heavy atom. The fourth-order valence-corrected chi connectivity index (χ4v) is 2.69. The van der Waals surface area contributed by atoms with E-state index in [1.165, 1.54) is 6.92 Å². The SMILES string of the molecule is CC(=O)c1cc(Br)cc(COc2ccc(Cl)cc2Cl)c1. The Hall–Kier alpha value is -1.03. The van der Waals surface area contributed by atoms with Crippen LogP contribution in [0.3, 0.4) is 0 Å². The maximum atomic E-state index is 11.4. The lowest BCUT2D eigenvalue weighted by Crippen LogP contribution is -1.99. The van der Waals surface area contributed by atoms with E-state index in [9.17, 15) is 4.79 Å². The zero-order valence-corrected chi connectivity index (χ0v) is 13.7. The molecule has 0 saturated heterocycles. The molecule has 0 radical (unpaired) electrons. The van der Waals surface area contributed by atoms with Gasteiger partial charge in [-0.2, -0.15) is 0 Å². The number of Topliss-reactive ketones (excluding diaryl/α,β-unsaturated/α-hetero) is 1. The first kappa shape index (κ1) is 15.4. The van der Waals surface area contributed by atoms with Gasteiger partial charge in [-0.15, -0.1) is 0 Å². The molecule has 0 fully saturated rings. The van der Waals surface area contributed by atoms with Crippen molar-refractivity contribution in [2.75, 3.05) is 0 Å². The molecule has 0 atom stereocenters. The lowest BCUT2D eigenvalue weighted by Gasteiger charge is -2.09. The van der Waals surface area contributed by atoms with Crippen molar-refractivity contribution in [2.45, 2.75) is 13.5 Å². The summed E-state index contributed by atoms with van der Waals surface area (Å²) in [5.74, 6) is 0.567. The third-order valence-electron chi connectivity index (χ3n) is 2.65. The summed E-state index contributed by atoms with van der Waals surface area (Å²) in [7, 11) is 0. The van der Waals surface area contributed by atoms with E-state index in [4.69, 9.17) is 27.9 Å². The lowest BCUT2D eigenvalue weighted by molar-refractivity contribution is 0.101. The van der Waals surface area contributed by atoms with Crippen LogP contribution in [0, 0.1) is 0 Å². The van der Waals surface area contributed by atoms with Gasteiger partial charge in [-0.1, -0.05) is 39.1 Å². The second-order valence-electron chi connectivity index (χ2n) is 4.27. The van der Waals surface area contributed by atoms with Crippen LogP contribution in [-0.2, 0) is 6.61 Å². The minimum absolute atomic E-state index is 0.0112. The van der Waals surface area contributed by atoms with Gasteiger partial charge in [-0.3, -0.25) is 4.79 Å². The molecule has 0 aliphatic rings. The van der Waals surface area contributed by atoms with Crippen molar-refractivity contribution in [1.29, 1.82) is 0 Å². The second kappa shape index (κ2) is 6.61. The van der Waals surface area contributed by atoms with Gasteiger partial charge in [0.2, 0.25) is 0 Å². The van der Waals surface area contributed by atoms with Crippen molar-refractivity contribution in [2.24, 2.45) is 0 Å². The van der Waals surface area contributed by atoms with E-state index in [1.54, 1.807) is 30.3 Å². The van der Waals surface area contributed by atoms with Gasteiger partial charge < -0.3 is 4.74 Å². The number of carbonyl (C=O) groups is 1. The van der Waals surface area contributed by atoms with Gasteiger partial charge in [0.15, 0.2) is 5.78 Å². The maximum Gasteiger partial charge on any atom is 0.159 e. The zero-order chi connectivity index (χ0) is 14.7. The molecule has 2 aromatic rings. The quantitative estimate of drug-likeness (QED) is 0.658. The Bertz CT molecular complexity index is 656. The third kappa shape index (κ3) is 3.98. The summed E-state index contributed by atoms with van der Waals surface area (Å²) >= 11 is 15.2. The Kier molecular flexibility index (Phi) is 5.08. The van der Waals surface area contributed by atoms with Gasteiger partial charge in [0.05, 0.1) is 5.02 Å². The molecule has 2 nitrogen and oxygen atoms in total. The van der Waals surface area contributed by atoms with Crippen molar-refractivity contribution in [1.82, 2.24) is 0 Å². The second-order valence-corrected chi connectivity index (χ2v) is 6.03. The summed E-state index contributed by atoms with van der Waals surface area (Å²) in [6.45, 7) is 1.85. The number of hydrogen-bond acceptors (Lipinski definition) is 2. The van der Waals surface area contributed by atoms with Gasteiger partial charge in [0.1, 0.15) is 12.4 Å². The summed E-state index contributed by atoms with van der Waals surface area (Å²) in [6.07, 6.45) is 0. The molecule has 0 amide bonds. The Labute approximate surface area is 135 Å². The molecule has 0 bridgehead atoms. The minimum atomic E-state index is 0.0112. The Balaban J connectivity index is 2.16. The van der Waals surface area contributed by atoms with E-state index >= 15 is 0 Å². The fourth-order valence-electron chi connectivity index (χ4n) is 1.69. The zero-order valence-electron chi connectivity index (χ0n) is 10.6. The van der Waals surface area contributed by atoms with Crippen LogP contribution in [0.25, 0.3) is 0 Å². The molecule has 0 heterocycles. The fraction of sp³-hybridized carbons (Fsp3) is 0.133. The number of ether oxygens (including phenoxy) is 1. The highest BCUT2D eigenvalue weighted by molar-refractivity contribution is 9.10. The van der Waals surface area contributed by atoms with E-state index in [1.807, 2.05) is 6.07 Å². The molecule has 104 valence electrons. The highest BCUT2D eigenvalue weighted by atomic mass is 79.9. The van der Waals surface area contributed by atoms with Crippen LogP contribution in [0.4, 0.5) is 0 Å². The molecule has 0 aromatic heterocycles. The number of carbonyl (C=O) groups excluding carboxylic acids is 1. The number of halogens is 3. The number of ketones is 1. The summed E-state index contributed by atoms with van der Waals surface area (Å²) in [5, 5.41) is 1.02. The van der Waals surface area contributed by atoms with Crippen LogP contribution in [0.15, 0.2) is 40.9 Å². The van der Waals surface area contributed by atoms with Crippen LogP contribution in [0.2, 0.25) is 10.0 Å². The minimum Gasteiger partial charge on any atom is -0.487 e. The van der Waals surface area contributed by atoms with Crippen LogP contribution in [0.5, 0.6) is 5.75 Å². The predicted molar refractivity (Wildman–Crippen MR) is 84.9 cm³/mol. The van der Waals surface area contributed by atoms with Gasteiger partial charge >= 0.3 is 0 Å². The van der Waals surface area contributed by atoms with Crippen molar-refractivity contribution >= 4 is 44.9 Å². The van der Waals surface area contributed by atoms with E-state index < -0.39 is 0 Å². The Morgan fingerprint density at radius 2 is 1.95 bits per heavy atom. The summed E-state index contributed by atoms with van der Waals surface area (Å²) in [4.78, 5) is 11.4. The first-order valence-electron chi connectivity index (χ1n) is 5.84. The van der Waals surface area contributed by atoms with Crippen LogP contribution < -0.4 is 4.74 Å². The predicted octanol–water partition coefficient (Wildman–Crippen LogP) is 5.54. The van der Waals surface area contributed by atoms with Crippen molar-refractivity contribution in [3.8, 4) is 5.75 Å². The van der Waals surface area contributed by atoms with Crippen LogP contribution in [0.1, 0.15) is 22.8 Å². The summed E-state index contributed by atoms with van der Waals surface area (Å²) < 4.78 is 6.48. The van der Waals surface area contributed by atoms with Crippen molar-refractivity contribution in [3.05, 3.63) is 62.0 Å². The van der Waals surface area contributed by atoms with Gasteiger partial charge in [0, 0.05) is 15.1 Å². The molecule has 0 aliphatic carbocycles. The molecule has 0 aliphatic heterocycles. The molecule has 20 heavy (non-hydrogen) atoms. The van der Waals surface area contributed by atoms with Gasteiger partial charge in [-0.25, -0.2) is 0 Å². The van der Waals surface area contributed by atoms with Gasteiger partial charge in [0.25, 0.3) is 0 Å². The summed E-state index contributed by atoms with van der Waals surface area (Å²) in [5.41, 5.74) is 1.52. The van der Waals surface area contributed by atoms with Crippen LogP contribution >= 0.6 is 39.1 Å². The molecule has 0 saturated carbocycles. The average Bonchev–Trinajstić information content (AvgIpc) is 2.37.